The summed E-state index contributed by atoms with van der Waals surface area (Å²) in [6.45, 7) is 2.80. The van der Waals surface area contributed by atoms with Crippen molar-refractivity contribution >= 4 is 17.7 Å². The fourth-order valence-corrected chi connectivity index (χ4v) is 1.81. The van der Waals surface area contributed by atoms with Gasteiger partial charge in [-0.2, -0.15) is 5.26 Å². The second-order valence-electron chi connectivity index (χ2n) is 2.31. The molecular weight excluding hydrogens is 188 g/mol. The van der Waals surface area contributed by atoms with Gasteiger partial charge in [-0.25, -0.2) is 4.79 Å². The molecule has 0 aromatic rings. The molecule has 0 spiro atoms. The van der Waals surface area contributed by atoms with Gasteiger partial charge in [-0.1, -0.05) is 0 Å². The summed E-state index contributed by atoms with van der Waals surface area (Å²) < 4.78 is 4.73. The second-order valence-corrected chi connectivity index (χ2v) is 3.42. The minimum Gasteiger partial charge on any atom is -0.462 e. The van der Waals surface area contributed by atoms with Gasteiger partial charge in [-0.05, 0) is 6.92 Å². The lowest BCUT2D eigenvalue weighted by atomic mass is 10.3. The van der Waals surface area contributed by atoms with Gasteiger partial charge in [0.25, 0.3) is 0 Å². The van der Waals surface area contributed by atoms with Crippen molar-refractivity contribution in [2.75, 3.05) is 18.9 Å². The fraction of sp³-hybridized carbons (Fsp3) is 0.500. The molecular formula is C8H10N2O2S. The third-order valence-electron chi connectivity index (χ3n) is 1.45. The summed E-state index contributed by atoms with van der Waals surface area (Å²) >= 11 is 1.47. The normalized spacial score (nSPS) is 18.8. The molecule has 1 heterocycles. The smallest absolute Gasteiger partial charge is 0.351 e. The first kappa shape index (κ1) is 9.93. The van der Waals surface area contributed by atoms with E-state index < -0.39 is 5.97 Å². The molecule has 0 bridgehead atoms. The van der Waals surface area contributed by atoms with Crippen LogP contribution >= 0.6 is 11.8 Å². The fourth-order valence-electron chi connectivity index (χ4n) is 0.922. The van der Waals surface area contributed by atoms with Crippen LogP contribution < -0.4 is 5.32 Å². The third kappa shape index (κ3) is 2.39. The number of hydrogen-bond donors (Lipinski definition) is 1. The van der Waals surface area contributed by atoms with Gasteiger partial charge in [0, 0.05) is 12.3 Å². The lowest BCUT2D eigenvalue weighted by Gasteiger charge is -2.02. The van der Waals surface area contributed by atoms with E-state index in [1.54, 1.807) is 6.92 Å². The average Bonchev–Trinajstić information content (AvgIpc) is 2.59. The van der Waals surface area contributed by atoms with Crippen LogP contribution in [0.2, 0.25) is 0 Å². The van der Waals surface area contributed by atoms with Crippen LogP contribution in [0.3, 0.4) is 0 Å². The first-order valence-corrected chi connectivity index (χ1v) is 4.96. The Labute approximate surface area is 80.9 Å². The molecule has 0 aromatic heterocycles. The van der Waals surface area contributed by atoms with Crippen molar-refractivity contribution in [1.29, 1.82) is 5.26 Å². The van der Waals surface area contributed by atoms with E-state index in [9.17, 15) is 4.79 Å². The molecule has 0 unspecified atom stereocenters. The molecule has 1 rings (SSSR count). The van der Waals surface area contributed by atoms with Gasteiger partial charge in [-0.15, -0.1) is 11.8 Å². The zero-order valence-corrected chi connectivity index (χ0v) is 8.11. The molecule has 0 aromatic carbocycles. The van der Waals surface area contributed by atoms with Crippen LogP contribution in [0, 0.1) is 11.3 Å². The average molecular weight is 198 g/mol. The maximum atomic E-state index is 11.2. The molecule has 1 N–H and O–H groups in total. The zero-order chi connectivity index (χ0) is 9.68. The van der Waals surface area contributed by atoms with Crippen molar-refractivity contribution in [3.63, 3.8) is 0 Å². The first-order chi connectivity index (χ1) is 6.29. The summed E-state index contributed by atoms with van der Waals surface area (Å²) in [5, 5.41) is 12.3. The summed E-state index contributed by atoms with van der Waals surface area (Å²) in [7, 11) is 0. The third-order valence-corrected chi connectivity index (χ3v) is 2.50. The van der Waals surface area contributed by atoms with Crippen molar-refractivity contribution < 1.29 is 9.53 Å². The van der Waals surface area contributed by atoms with E-state index in [2.05, 4.69) is 5.32 Å². The molecule has 5 heteroatoms. The van der Waals surface area contributed by atoms with E-state index >= 15 is 0 Å². The van der Waals surface area contributed by atoms with Gasteiger partial charge in [0.05, 0.1) is 11.6 Å². The Hall–Kier alpha value is -1.15. The zero-order valence-electron chi connectivity index (χ0n) is 7.29. The van der Waals surface area contributed by atoms with Crippen LogP contribution in [0.25, 0.3) is 0 Å². The Kier molecular flexibility index (Phi) is 3.65. The lowest BCUT2D eigenvalue weighted by Crippen LogP contribution is -2.13. The number of nitriles is 1. The molecule has 0 atom stereocenters. The van der Waals surface area contributed by atoms with Crippen LogP contribution in [0.15, 0.2) is 10.6 Å². The predicted octanol–water partition coefficient (Wildman–Crippen LogP) is 0.621. The van der Waals surface area contributed by atoms with Gasteiger partial charge in [0.1, 0.15) is 6.07 Å². The van der Waals surface area contributed by atoms with Crippen molar-refractivity contribution in [3.05, 3.63) is 10.6 Å². The molecule has 0 amide bonds. The van der Waals surface area contributed by atoms with Crippen LogP contribution in [0.1, 0.15) is 6.92 Å². The summed E-state index contributed by atoms with van der Waals surface area (Å²) in [6, 6.07) is 1.85. The number of nitrogens with zero attached hydrogens (tertiary/aromatic N) is 1. The number of nitrogens with one attached hydrogen (secondary N) is 1. The van der Waals surface area contributed by atoms with Gasteiger partial charge in [0.15, 0.2) is 5.57 Å². The summed E-state index contributed by atoms with van der Waals surface area (Å²) in [6.07, 6.45) is 0. The standard InChI is InChI=1S/C8H10N2O2S/c1-2-12-8(11)6(5-9)7-10-3-4-13-7/h10H,2-4H2,1H3/b7-6-. The Morgan fingerprint density at radius 1 is 1.85 bits per heavy atom. The number of carbonyl (C=O) groups is 1. The van der Waals surface area contributed by atoms with Gasteiger partial charge in [0.2, 0.25) is 0 Å². The van der Waals surface area contributed by atoms with E-state index in [-0.39, 0.29) is 5.57 Å². The molecule has 1 aliphatic heterocycles. The monoisotopic (exact) mass is 198 g/mol. The van der Waals surface area contributed by atoms with Crippen LogP contribution in [0.4, 0.5) is 0 Å². The summed E-state index contributed by atoms with van der Waals surface area (Å²) in [5.74, 6) is 0.349. The van der Waals surface area contributed by atoms with Crippen LogP contribution in [0.5, 0.6) is 0 Å². The SMILES string of the molecule is CCOC(=O)/C(C#N)=C1/NCCS1. The highest BCUT2D eigenvalue weighted by Crippen LogP contribution is 2.21. The highest BCUT2D eigenvalue weighted by Gasteiger charge is 2.19. The molecule has 1 aliphatic rings. The molecule has 0 aliphatic carbocycles. The Balaban J connectivity index is 2.77. The largest absolute Gasteiger partial charge is 0.462 e. The first-order valence-electron chi connectivity index (χ1n) is 3.97. The van der Waals surface area contributed by atoms with Crippen molar-refractivity contribution in [3.8, 4) is 6.07 Å². The van der Waals surface area contributed by atoms with E-state index in [1.165, 1.54) is 11.8 Å². The molecule has 0 radical (unpaired) electrons. The van der Waals surface area contributed by atoms with E-state index in [1.807, 2.05) is 6.07 Å². The minimum absolute atomic E-state index is 0.0874. The number of thioether (sulfide) groups is 1. The van der Waals surface area contributed by atoms with E-state index in [0.29, 0.717) is 11.6 Å². The molecule has 13 heavy (non-hydrogen) atoms. The highest BCUT2D eigenvalue weighted by molar-refractivity contribution is 8.03. The van der Waals surface area contributed by atoms with Gasteiger partial charge < -0.3 is 10.1 Å². The Morgan fingerprint density at radius 2 is 2.62 bits per heavy atom. The molecule has 1 fully saturated rings. The highest BCUT2D eigenvalue weighted by atomic mass is 32.2. The summed E-state index contributed by atoms with van der Waals surface area (Å²) in [4.78, 5) is 11.2. The van der Waals surface area contributed by atoms with Crippen LogP contribution in [-0.4, -0.2) is 24.9 Å². The summed E-state index contributed by atoms with van der Waals surface area (Å²) in [5.41, 5.74) is 0.0874. The van der Waals surface area contributed by atoms with Crippen LogP contribution in [-0.2, 0) is 9.53 Å². The van der Waals surface area contributed by atoms with E-state index in [4.69, 9.17) is 10.00 Å². The molecule has 4 nitrogen and oxygen atoms in total. The maximum absolute atomic E-state index is 11.2. The van der Waals surface area contributed by atoms with Crippen molar-refractivity contribution in [2.45, 2.75) is 6.92 Å². The number of hydrogen-bond acceptors (Lipinski definition) is 5. The number of ether oxygens (including phenoxy) is 1. The van der Waals surface area contributed by atoms with Crippen molar-refractivity contribution in [2.24, 2.45) is 0 Å². The predicted molar refractivity (Wildman–Crippen MR) is 49.7 cm³/mol. The van der Waals surface area contributed by atoms with E-state index in [0.717, 1.165) is 12.3 Å². The number of esters is 1. The quantitative estimate of drug-likeness (QED) is 0.400. The molecule has 70 valence electrons. The van der Waals surface area contributed by atoms with Gasteiger partial charge in [-0.3, -0.25) is 0 Å². The second kappa shape index (κ2) is 4.77. The minimum atomic E-state index is -0.540. The van der Waals surface area contributed by atoms with Crippen molar-refractivity contribution in [1.82, 2.24) is 5.32 Å². The molecule has 0 saturated carbocycles. The number of rotatable bonds is 2. The van der Waals surface area contributed by atoms with Gasteiger partial charge >= 0.3 is 5.97 Å². The lowest BCUT2D eigenvalue weighted by molar-refractivity contribution is -0.138. The Bertz CT molecular complexity index is 272. The maximum Gasteiger partial charge on any atom is 0.351 e. The topological polar surface area (TPSA) is 62.1 Å². The molecule has 1 saturated heterocycles. The Morgan fingerprint density at radius 3 is 3.08 bits per heavy atom. The number of carbonyl (C=O) groups excluding carboxylic acids is 1.